The van der Waals surface area contributed by atoms with Crippen LogP contribution < -0.4 is 0 Å². The van der Waals surface area contributed by atoms with Crippen LogP contribution in [0.2, 0.25) is 0 Å². The number of carbonyl (C=O) groups is 1. The van der Waals surface area contributed by atoms with Gasteiger partial charge < -0.3 is 0 Å². The van der Waals surface area contributed by atoms with Gasteiger partial charge in [0.2, 0.25) is 5.24 Å². The Bertz CT molecular complexity index is 215. The second-order valence-corrected chi connectivity index (χ2v) is 6.57. The molecule has 0 saturated heterocycles. The summed E-state index contributed by atoms with van der Waals surface area (Å²) in [5.74, 6) is 2.15. The van der Waals surface area contributed by atoms with Gasteiger partial charge in [-0.05, 0) is 29.4 Å². The molecule has 0 aliphatic carbocycles. The zero-order valence-electron chi connectivity index (χ0n) is 12.7. The Kier molecular flexibility index (Phi) is 10.8. The second kappa shape index (κ2) is 10.8. The molecule has 0 rings (SSSR count). The zero-order valence-corrected chi connectivity index (χ0v) is 13.4. The van der Waals surface area contributed by atoms with Crippen molar-refractivity contribution in [3.05, 3.63) is 0 Å². The lowest BCUT2D eigenvalue weighted by Crippen LogP contribution is -2.02. The lowest BCUT2D eigenvalue weighted by Gasteiger charge is -2.14. The largest absolute Gasteiger partial charge is 0.281 e. The molecule has 0 radical (unpaired) electrons. The topological polar surface area (TPSA) is 17.1 Å². The SMILES string of the molecule is CCC(C)CCCC(C)CCCC(C)CC(=O)Cl. The highest BCUT2D eigenvalue weighted by molar-refractivity contribution is 6.63. The Morgan fingerprint density at radius 1 is 0.889 bits per heavy atom. The van der Waals surface area contributed by atoms with Crippen molar-refractivity contribution in [2.45, 2.75) is 79.1 Å². The number of hydrogen-bond acceptors (Lipinski definition) is 1. The summed E-state index contributed by atoms with van der Waals surface area (Å²) in [7, 11) is 0. The molecule has 108 valence electrons. The van der Waals surface area contributed by atoms with E-state index < -0.39 is 0 Å². The Morgan fingerprint density at radius 2 is 1.33 bits per heavy atom. The fourth-order valence-electron chi connectivity index (χ4n) is 2.35. The van der Waals surface area contributed by atoms with Gasteiger partial charge in [-0.15, -0.1) is 0 Å². The van der Waals surface area contributed by atoms with Crippen LogP contribution in [0.25, 0.3) is 0 Å². The van der Waals surface area contributed by atoms with Crippen LogP contribution in [0.4, 0.5) is 0 Å². The van der Waals surface area contributed by atoms with Gasteiger partial charge in [0.05, 0.1) is 0 Å². The minimum atomic E-state index is -0.191. The molecule has 3 atom stereocenters. The monoisotopic (exact) mass is 274 g/mol. The highest BCUT2D eigenvalue weighted by Crippen LogP contribution is 2.21. The molecule has 0 aromatic rings. The number of hydrogen-bond donors (Lipinski definition) is 0. The lowest BCUT2D eigenvalue weighted by atomic mass is 9.92. The summed E-state index contributed by atoms with van der Waals surface area (Å²) < 4.78 is 0. The van der Waals surface area contributed by atoms with E-state index in [2.05, 4.69) is 27.7 Å². The van der Waals surface area contributed by atoms with E-state index in [4.69, 9.17) is 11.6 Å². The van der Waals surface area contributed by atoms with Gasteiger partial charge in [-0.1, -0.05) is 72.6 Å². The predicted octanol–water partition coefficient (Wildman–Crippen LogP) is 5.80. The van der Waals surface area contributed by atoms with Crippen LogP contribution in [0.3, 0.4) is 0 Å². The number of carbonyl (C=O) groups excluding carboxylic acids is 1. The third-order valence-electron chi connectivity index (χ3n) is 3.99. The van der Waals surface area contributed by atoms with Crippen molar-refractivity contribution in [1.82, 2.24) is 0 Å². The van der Waals surface area contributed by atoms with E-state index in [0.717, 1.165) is 18.3 Å². The quantitative estimate of drug-likeness (QED) is 0.435. The van der Waals surface area contributed by atoms with E-state index in [-0.39, 0.29) is 5.24 Å². The first-order valence-corrected chi connectivity index (χ1v) is 8.01. The standard InChI is InChI=1S/C16H31ClO/c1-5-13(2)8-6-9-14(3)10-7-11-15(4)12-16(17)18/h13-15H,5-12H2,1-4H3. The minimum Gasteiger partial charge on any atom is -0.281 e. The van der Waals surface area contributed by atoms with Crippen molar-refractivity contribution >= 4 is 16.8 Å². The van der Waals surface area contributed by atoms with Crippen molar-refractivity contribution < 1.29 is 4.79 Å². The van der Waals surface area contributed by atoms with Crippen molar-refractivity contribution in [3.8, 4) is 0 Å². The van der Waals surface area contributed by atoms with Gasteiger partial charge in [0.25, 0.3) is 0 Å². The molecule has 0 aromatic heterocycles. The zero-order chi connectivity index (χ0) is 14.0. The predicted molar refractivity (Wildman–Crippen MR) is 81.0 cm³/mol. The average molecular weight is 275 g/mol. The Morgan fingerprint density at radius 3 is 1.78 bits per heavy atom. The van der Waals surface area contributed by atoms with Crippen molar-refractivity contribution in [2.24, 2.45) is 17.8 Å². The maximum atomic E-state index is 10.8. The van der Waals surface area contributed by atoms with E-state index in [0.29, 0.717) is 12.3 Å². The van der Waals surface area contributed by atoms with Gasteiger partial charge in [-0.3, -0.25) is 4.79 Å². The van der Waals surface area contributed by atoms with Crippen LogP contribution in [-0.2, 0) is 4.79 Å². The van der Waals surface area contributed by atoms with Gasteiger partial charge in [-0.25, -0.2) is 0 Å². The molecule has 0 fully saturated rings. The minimum absolute atomic E-state index is 0.191. The normalized spacial score (nSPS) is 16.3. The maximum absolute atomic E-state index is 10.8. The molecule has 18 heavy (non-hydrogen) atoms. The van der Waals surface area contributed by atoms with Crippen LogP contribution in [0, 0.1) is 17.8 Å². The van der Waals surface area contributed by atoms with Gasteiger partial charge in [0.15, 0.2) is 0 Å². The fourth-order valence-corrected chi connectivity index (χ4v) is 2.62. The lowest BCUT2D eigenvalue weighted by molar-refractivity contribution is -0.112. The summed E-state index contributed by atoms with van der Waals surface area (Å²) in [4.78, 5) is 10.8. The van der Waals surface area contributed by atoms with Crippen molar-refractivity contribution in [2.75, 3.05) is 0 Å². The smallest absolute Gasteiger partial charge is 0.221 e. The van der Waals surface area contributed by atoms with E-state index in [1.54, 1.807) is 0 Å². The molecular formula is C16H31ClO. The third-order valence-corrected chi connectivity index (χ3v) is 4.15. The highest BCUT2D eigenvalue weighted by Gasteiger charge is 2.08. The average Bonchev–Trinajstić information content (AvgIpc) is 2.27. The molecule has 0 heterocycles. The molecule has 2 heteroatoms. The molecule has 0 aliphatic rings. The third kappa shape index (κ3) is 11.1. The molecule has 0 spiro atoms. The van der Waals surface area contributed by atoms with Crippen molar-refractivity contribution in [1.29, 1.82) is 0 Å². The molecule has 0 bridgehead atoms. The first-order valence-electron chi connectivity index (χ1n) is 7.64. The Labute approximate surface area is 119 Å². The summed E-state index contributed by atoms with van der Waals surface area (Å²) in [5, 5.41) is -0.191. The second-order valence-electron chi connectivity index (χ2n) is 6.14. The van der Waals surface area contributed by atoms with Crippen LogP contribution in [-0.4, -0.2) is 5.24 Å². The van der Waals surface area contributed by atoms with Crippen LogP contribution in [0.15, 0.2) is 0 Å². The molecule has 0 amide bonds. The highest BCUT2D eigenvalue weighted by atomic mass is 35.5. The molecular weight excluding hydrogens is 244 g/mol. The van der Waals surface area contributed by atoms with Crippen LogP contribution >= 0.6 is 11.6 Å². The number of rotatable bonds is 11. The van der Waals surface area contributed by atoms with E-state index in [9.17, 15) is 4.79 Å². The first kappa shape index (κ1) is 18.0. The Hall–Kier alpha value is -0.0400. The van der Waals surface area contributed by atoms with E-state index >= 15 is 0 Å². The summed E-state index contributed by atoms with van der Waals surface area (Å²) in [6, 6.07) is 0. The van der Waals surface area contributed by atoms with Crippen LogP contribution in [0.5, 0.6) is 0 Å². The first-order chi connectivity index (χ1) is 8.45. The van der Waals surface area contributed by atoms with Gasteiger partial charge in [-0.2, -0.15) is 0 Å². The van der Waals surface area contributed by atoms with Gasteiger partial charge in [0, 0.05) is 6.42 Å². The summed E-state index contributed by atoms with van der Waals surface area (Å²) in [5.41, 5.74) is 0. The summed E-state index contributed by atoms with van der Waals surface area (Å²) in [6.45, 7) is 9.09. The van der Waals surface area contributed by atoms with E-state index in [1.165, 1.54) is 38.5 Å². The summed E-state index contributed by atoms with van der Waals surface area (Å²) in [6.07, 6.45) is 9.59. The maximum Gasteiger partial charge on any atom is 0.221 e. The van der Waals surface area contributed by atoms with Gasteiger partial charge >= 0.3 is 0 Å². The molecule has 0 aliphatic heterocycles. The fraction of sp³-hybridized carbons (Fsp3) is 0.938. The molecule has 0 saturated carbocycles. The molecule has 0 aromatic carbocycles. The summed E-state index contributed by atoms with van der Waals surface area (Å²) >= 11 is 5.39. The van der Waals surface area contributed by atoms with Crippen LogP contribution in [0.1, 0.15) is 79.1 Å². The van der Waals surface area contributed by atoms with Crippen molar-refractivity contribution in [3.63, 3.8) is 0 Å². The molecule has 1 nitrogen and oxygen atoms in total. The Balaban J connectivity index is 3.47. The van der Waals surface area contributed by atoms with E-state index in [1.807, 2.05) is 0 Å². The molecule has 0 N–H and O–H groups in total. The van der Waals surface area contributed by atoms with Gasteiger partial charge in [0.1, 0.15) is 0 Å². The number of halogens is 1. The molecule has 3 unspecified atom stereocenters.